The third-order valence-electron chi connectivity index (χ3n) is 6.39. The molecule has 29 heavy (non-hydrogen) atoms. The van der Waals surface area contributed by atoms with E-state index in [2.05, 4.69) is 5.32 Å². The summed E-state index contributed by atoms with van der Waals surface area (Å²) in [4.78, 5) is 26.6. The van der Waals surface area contributed by atoms with E-state index < -0.39 is 12.0 Å². The molecule has 1 heterocycles. The van der Waals surface area contributed by atoms with Crippen LogP contribution in [0, 0.1) is 5.92 Å². The Bertz CT molecular complexity index is 907. The number of likely N-dealkylation sites (tertiary alicyclic amines) is 1. The first-order valence-electron chi connectivity index (χ1n) is 10.5. The predicted octanol–water partition coefficient (Wildman–Crippen LogP) is 3.38. The molecule has 1 aliphatic carbocycles. The average Bonchev–Trinajstić information content (AvgIpc) is 3.11. The molecule has 0 radical (unpaired) electrons. The maximum atomic E-state index is 12.8. The second-order valence-corrected chi connectivity index (χ2v) is 8.40. The summed E-state index contributed by atoms with van der Waals surface area (Å²) in [6.45, 7) is 1.32. The minimum atomic E-state index is -0.828. The molecule has 0 aromatic heterocycles. The van der Waals surface area contributed by atoms with Crippen molar-refractivity contribution < 1.29 is 19.8 Å². The highest BCUT2D eigenvalue weighted by Gasteiger charge is 2.38. The number of nitrogens with zero attached hydrogens (tertiary/aromatic N) is 1. The van der Waals surface area contributed by atoms with E-state index in [0.29, 0.717) is 24.3 Å². The number of benzene rings is 2. The largest absolute Gasteiger partial charge is 0.506 e. The smallest absolute Gasteiger partial charge is 0.321 e. The van der Waals surface area contributed by atoms with Crippen molar-refractivity contribution in [2.24, 2.45) is 5.92 Å². The molecule has 1 saturated heterocycles. The Labute approximate surface area is 170 Å². The second kappa shape index (κ2) is 8.41. The molecule has 0 bridgehead atoms. The van der Waals surface area contributed by atoms with Crippen LogP contribution < -0.4 is 5.32 Å². The number of amides is 1. The topological polar surface area (TPSA) is 89.9 Å². The van der Waals surface area contributed by atoms with Crippen LogP contribution in [0.4, 0.5) is 0 Å². The Morgan fingerprint density at radius 1 is 1.07 bits per heavy atom. The number of rotatable bonds is 5. The van der Waals surface area contributed by atoms with Crippen LogP contribution in [0.15, 0.2) is 36.4 Å². The van der Waals surface area contributed by atoms with Crippen LogP contribution in [0.5, 0.6) is 5.75 Å². The minimum Gasteiger partial charge on any atom is -0.506 e. The van der Waals surface area contributed by atoms with Crippen molar-refractivity contribution in [2.45, 2.75) is 50.6 Å². The molecule has 2 atom stereocenters. The van der Waals surface area contributed by atoms with Gasteiger partial charge < -0.3 is 15.5 Å². The molecular formula is C23H28N2O4. The molecular weight excluding hydrogens is 368 g/mol. The molecule has 4 rings (SSSR count). The van der Waals surface area contributed by atoms with E-state index in [-0.39, 0.29) is 23.3 Å². The summed E-state index contributed by atoms with van der Waals surface area (Å²) in [5.41, 5.74) is 0.223. The predicted molar refractivity (Wildman–Crippen MR) is 111 cm³/mol. The minimum absolute atomic E-state index is 0.0348. The van der Waals surface area contributed by atoms with Crippen molar-refractivity contribution in [1.29, 1.82) is 0 Å². The quantitative estimate of drug-likeness (QED) is 0.721. The Morgan fingerprint density at radius 2 is 1.83 bits per heavy atom. The third kappa shape index (κ3) is 4.22. The zero-order chi connectivity index (χ0) is 20.4. The van der Waals surface area contributed by atoms with Crippen molar-refractivity contribution in [1.82, 2.24) is 10.2 Å². The number of carboxylic acids is 1. The van der Waals surface area contributed by atoms with Gasteiger partial charge in [0, 0.05) is 24.5 Å². The van der Waals surface area contributed by atoms with Gasteiger partial charge in [-0.3, -0.25) is 14.5 Å². The lowest BCUT2D eigenvalue weighted by Gasteiger charge is -2.29. The SMILES string of the molecule is O=C(NC1CC(C(=O)O)N(CC2CCCCC2)C1)c1ccc2ccccc2c1O. The van der Waals surface area contributed by atoms with Crippen molar-refractivity contribution in [3.63, 3.8) is 0 Å². The van der Waals surface area contributed by atoms with Gasteiger partial charge in [0.15, 0.2) is 0 Å². The molecule has 0 spiro atoms. The number of hydrogen-bond donors (Lipinski definition) is 3. The van der Waals surface area contributed by atoms with E-state index in [4.69, 9.17) is 0 Å². The normalized spacial score (nSPS) is 23.3. The molecule has 3 N–H and O–H groups in total. The van der Waals surface area contributed by atoms with Crippen LogP contribution in [0.25, 0.3) is 10.8 Å². The molecule has 1 saturated carbocycles. The number of fused-ring (bicyclic) bond motifs is 1. The van der Waals surface area contributed by atoms with Crippen molar-refractivity contribution >= 4 is 22.6 Å². The Hall–Kier alpha value is -2.60. The van der Waals surface area contributed by atoms with E-state index in [1.807, 2.05) is 29.2 Å². The Balaban J connectivity index is 1.45. The van der Waals surface area contributed by atoms with Crippen molar-refractivity contribution in [3.05, 3.63) is 42.0 Å². The summed E-state index contributed by atoms with van der Waals surface area (Å²) in [6.07, 6.45) is 6.42. The van der Waals surface area contributed by atoms with E-state index in [0.717, 1.165) is 24.8 Å². The number of nitrogens with one attached hydrogen (secondary N) is 1. The molecule has 154 valence electrons. The van der Waals surface area contributed by atoms with Crippen LogP contribution in [0.2, 0.25) is 0 Å². The summed E-state index contributed by atoms with van der Waals surface area (Å²) in [5.74, 6) is -0.676. The maximum absolute atomic E-state index is 12.8. The standard InChI is InChI=1S/C23H28N2O4/c26-21-18-9-5-4-8-16(18)10-11-19(21)22(27)24-17-12-20(23(28)29)25(14-17)13-15-6-2-1-3-7-15/h4-5,8-11,15,17,20,26H,1-3,6-7,12-14H2,(H,24,27)(H,28,29). The molecule has 6 nitrogen and oxygen atoms in total. The van der Waals surface area contributed by atoms with Crippen molar-refractivity contribution in [3.8, 4) is 5.75 Å². The van der Waals surface area contributed by atoms with Gasteiger partial charge in [0.05, 0.1) is 5.56 Å². The second-order valence-electron chi connectivity index (χ2n) is 8.40. The van der Waals surface area contributed by atoms with Crippen LogP contribution in [-0.4, -0.2) is 52.2 Å². The number of phenolic OH excluding ortho intramolecular Hbond substituents is 1. The molecule has 2 aliphatic rings. The first-order chi connectivity index (χ1) is 14.0. The lowest BCUT2D eigenvalue weighted by Crippen LogP contribution is -2.40. The van der Waals surface area contributed by atoms with E-state index >= 15 is 0 Å². The van der Waals surface area contributed by atoms with Gasteiger partial charge in [0.2, 0.25) is 0 Å². The van der Waals surface area contributed by atoms with Crippen LogP contribution in [0.1, 0.15) is 48.9 Å². The highest BCUT2D eigenvalue weighted by molar-refractivity contribution is 6.03. The zero-order valence-electron chi connectivity index (χ0n) is 16.5. The highest BCUT2D eigenvalue weighted by atomic mass is 16.4. The van der Waals surface area contributed by atoms with E-state index in [1.54, 1.807) is 12.1 Å². The van der Waals surface area contributed by atoms with Gasteiger partial charge in [0.1, 0.15) is 11.8 Å². The molecule has 1 amide bonds. The van der Waals surface area contributed by atoms with Crippen LogP contribution >= 0.6 is 0 Å². The van der Waals surface area contributed by atoms with Crippen molar-refractivity contribution in [2.75, 3.05) is 13.1 Å². The lowest BCUT2D eigenvalue weighted by atomic mass is 9.89. The van der Waals surface area contributed by atoms with Gasteiger partial charge in [-0.05, 0) is 36.6 Å². The fourth-order valence-electron chi connectivity index (χ4n) is 4.87. The zero-order valence-corrected chi connectivity index (χ0v) is 16.5. The number of phenols is 1. The fraction of sp³-hybridized carbons (Fsp3) is 0.478. The molecule has 2 unspecified atom stereocenters. The maximum Gasteiger partial charge on any atom is 0.321 e. The number of carbonyl (C=O) groups is 2. The molecule has 2 fully saturated rings. The first kappa shape index (κ1) is 19.7. The first-order valence-corrected chi connectivity index (χ1v) is 10.5. The van der Waals surface area contributed by atoms with Gasteiger partial charge in [-0.25, -0.2) is 0 Å². The average molecular weight is 396 g/mol. The number of aromatic hydroxyl groups is 1. The lowest BCUT2D eigenvalue weighted by molar-refractivity contribution is -0.142. The van der Waals surface area contributed by atoms with Gasteiger partial charge in [-0.1, -0.05) is 49.6 Å². The highest BCUT2D eigenvalue weighted by Crippen LogP contribution is 2.30. The van der Waals surface area contributed by atoms with Gasteiger partial charge in [-0.2, -0.15) is 0 Å². The van der Waals surface area contributed by atoms with Crippen LogP contribution in [0.3, 0.4) is 0 Å². The molecule has 6 heteroatoms. The summed E-state index contributed by atoms with van der Waals surface area (Å²) in [7, 11) is 0. The number of hydrogen-bond acceptors (Lipinski definition) is 4. The summed E-state index contributed by atoms with van der Waals surface area (Å²) < 4.78 is 0. The monoisotopic (exact) mass is 396 g/mol. The number of aliphatic carboxylic acids is 1. The summed E-state index contributed by atoms with van der Waals surface area (Å²) in [5, 5.41) is 24.6. The van der Waals surface area contributed by atoms with Gasteiger partial charge in [-0.15, -0.1) is 0 Å². The number of carbonyl (C=O) groups excluding carboxylic acids is 1. The number of carboxylic acid groups (broad SMARTS) is 1. The molecule has 1 aliphatic heterocycles. The molecule has 2 aromatic rings. The Morgan fingerprint density at radius 3 is 2.59 bits per heavy atom. The summed E-state index contributed by atoms with van der Waals surface area (Å²) in [6, 6.07) is 10.0. The third-order valence-corrected chi connectivity index (χ3v) is 6.39. The van der Waals surface area contributed by atoms with E-state index in [1.165, 1.54) is 19.3 Å². The van der Waals surface area contributed by atoms with E-state index in [9.17, 15) is 19.8 Å². The van der Waals surface area contributed by atoms with Gasteiger partial charge >= 0.3 is 5.97 Å². The van der Waals surface area contributed by atoms with Crippen LogP contribution in [-0.2, 0) is 4.79 Å². The van der Waals surface area contributed by atoms with Gasteiger partial charge in [0.25, 0.3) is 5.91 Å². The summed E-state index contributed by atoms with van der Waals surface area (Å²) >= 11 is 0. The fourth-order valence-corrected chi connectivity index (χ4v) is 4.87. The molecule has 2 aromatic carbocycles. The Kier molecular flexibility index (Phi) is 5.72.